The van der Waals surface area contributed by atoms with E-state index in [1.54, 1.807) is 6.07 Å². The highest BCUT2D eigenvalue weighted by Crippen LogP contribution is 2.17. The first-order valence-electron chi connectivity index (χ1n) is 6.40. The van der Waals surface area contributed by atoms with Crippen molar-refractivity contribution in [1.82, 2.24) is 10.2 Å². The number of aryl methyl sites for hydroxylation is 1. The van der Waals surface area contributed by atoms with Gasteiger partial charge in [-0.15, -0.1) is 0 Å². The molecule has 1 aliphatic rings. The zero-order chi connectivity index (χ0) is 13.1. The molecule has 1 atom stereocenters. The van der Waals surface area contributed by atoms with Crippen molar-refractivity contribution >= 4 is 17.5 Å². The Morgan fingerprint density at radius 2 is 2.33 bits per heavy atom. The van der Waals surface area contributed by atoms with Crippen LogP contribution in [0.1, 0.15) is 29.3 Å². The van der Waals surface area contributed by atoms with E-state index in [1.165, 1.54) is 0 Å². The number of carbonyl (C=O) groups excluding carboxylic acids is 1. The topological polar surface area (TPSA) is 32.3 Å². The monoisotopic (exact) mass is 266 g/mol. The number of amides is 1. The van der Waals surface area contributed by atoms with E-state index >= 15 is 0 Å². The summed E-state index contributed by atoms with van der Waals surface area (Å²) in [5.41, 5.74) is 1.70. The van der Waals surface area contributed by atoms with E-state index in [0.29, 0.717) is 11.1 Å². The third-order valence-electron chi connectivity index (χ3n) is 3.45. The molecule has 3 nitrogen and oxygen atoms in total. The average molecular weight is 267 g/mol. The molecule has 98 valence electrons. The van der Waals surface area contributed by atoms with Crippen LogP contribution in [0.15, 0.2) is 18.2 Å². The van der Waals surface area contributed by atoms with Crippen molar-refractivity contribution < 1.29 is 4.79 Å². The summed E-state index contributed by atoms with van der Waals surface area (Å²) in [6.45, 7) is 6.50. The molecule has 4 heteroatoms. The summed E-state index contributed by atoms with van der Waals surface area (Å²) >= 11 is 5.92. The van der Waals surface area contributed by atoms with Crippen LogP contribution in [0.5, 0.6) is 0 Å². The zero-order valence-electron chi connectivity index (χ0n) is 10.9. The molecule has 1 aromatic carbocycles. The van der Waals surface area contributed by atoms with Gasteiger partial charge >= 0.3 is 0 Å². The number of nitrogens with one attached hydrogen (secondary N) is 1. The molecular weight excluding hydrogens is 248 g/mol. The van der Waals surface area contributed by atoms with Crippen LogP contribution < -0.4 is 5.32 Å². The highest BCUT2D eigenvalue weighted by Gasteiger charge is 2.23. The van der Waals surface area contributed by atoms with Gasteiger partial charge in [-0.3, -0.25) is 4.79 Å². The van der Waals surface area contributed by atoms with Crippen molar-refractivity contribution in [3.63, 3.8) is 0 Å². The van der Waals surface area contributed by atoms with Crippen LogP contribution in [0.4, 0.5) is 0 Å². The van der Waals surface area contributed by atoms with Gasteiger partial charge < -0.3 is 10.2 Å². The summed E-state index contributed by atoms with van der Waals surface area (Å²) in [4.78, 5) is 14.4. The van der Waals surface area contributed by atoms with Crippen molar-refractivity contribution in [3.05, 3.63) is 34.3 Å². The van der Waals surface area contributed by atoms with Gasteiger partial charge in [-0.2, -0.15) is 0 Å². The summed E-state index contributed by atoms with van der Waals surface area (Å²) in [6.07, 6.45) is 1.05. The van der Waals surface area contributed by atoms with Crippen LogP contribution in [0.2, 0.25) is 5.02 Å². The van der Waals surface area contributed by atoms with E-state index in [0.717, 1.165) is 37.2 Å². The van der Waals surface area contributed by atoms with E-state index in [1.807, 2.05) is 24.0 Å². The fourth-order valence-corrected chi connectivity index (χ4v) is 2.55. The van der Waals surface area contributed by atoms with Gasteiger partial charge in [-0.05, 0) is 37.1 Å². The molecule has 1 saturated heterocycles. The largest absolute Gasteiger partial charge is 0.336 e. The molecule has 1 amide bonds. The Kier molecular flexibility index (Phi) is 4.25. The van der Waals surface area contributed by atoms with E-state index in [-0.39, 0.29) is 5.91 Å². The SMILES string of the molecule is CC[C@H]1CN(C(=O)c2ccc(Cl)cc2C)CCN1. The Balaban J connectivity index is 2.15. The van der Waals surface area contributed by atoms with Gasteiger partial charge in [0.05, 0.1) is 0 Å². The molecule has 0 aromatic heterocycles. The number of carbonyl (C=O) groups is 1. The molecule has 0 bridgehead atoms. The van der Waals surface area contributed by atoms with Crippen LogP contribution in [0, 0.1) is 6.92 Å². The molecule has 1 aromatic rings. The molecule has 2 rings (SSSR count). The lowest BCUT2D eigenvalue weighted by Crippen LogP contribution is -2.52. The Labute approximate surface area is 113 Å². The van der Waals surface area contributed by atoms with Crippen LogP contribution in [-0.2, 0) is 0 Å². The minimum absolute atomic E-state index is 0.115. The lowest BCUT2D eigenvalue weighted by Gasteiger charge is -2.33. The molecule has 0 saturated carbocycles. The second kappa shape index (κ2) is 5.72. The van der Waals surface area contributed by atoms with Crippen molar-refractivity contribution in [1.29, 1.82) is 0 Å². The number of rotatable bonds is 2. The minimum atomic E-state index is 0.115. The fraction of sp³-hybridized carbons (Fsp3) is 0.500. The van der Waals surface area contributed by atoms with Crippen LogP contribution in [0.3, 0.4) is 0 Å². The molecule has 0 spiro atoms. The first-order chi connectivity index (χ1) is 8.61. The molecule has 0 aliphatic carbocycles. The predicted octanol–water partition coefficient (Wildman–Crippen LogP) is 2.47. The third kappa shape index (κ3) is 2.85. The number of benzene rings is 1. The molecule has 0 radical (unpaired) electrons. The highest BCUT2D eigenvalue weighted by molar-refractivity contribution is 6.30. The first kappa shape index (κ1) is 13.4. The van der Waals surface area contributed by atoms with Crippen molar-refractivity contribution in [2.45, 2.75) is 26.3 Å². The van der Waals surface area contributed by atoms with E-state index in [4.69, 9.17) is 11.6 Å². The summed E-state index contributed by atoms with van der Waals surface area (Å²) in [7, 11) is 0. The molecule has 1 aliphatic heterocycles. The fourth-order valence-electron chi connectivity index (χ4n) is 2.32. The average Bonchev–Trinajstić information content (AvgIpc) is 2.38. The normalized spacial score (nSPS) is 19.9. The molecule has 1 N–H and O–H groups in total. The number of halogens is 1. The third-order valence-corrected chi connectivity index (χ3v) is 3.69. The number of hydrogen-bond acceptors (Lipinski definition) is 2. The smallest absolute Gasteiger partial charge is 0.254 e. The van der Waals surface area contributed by atoms with Crippen LogP contribution in [-0.4, -0.2) is 36.5 Å². The molecule has 18 heavy (non-hydrogen) atoms. The van der Waals surface area contributed by atoms with Crippen molar-refractivity contribution in [3.8, 4) is 0 Å². The van der Waals surface area contributed by atoms with Crippen LogP contribution >= 0.6 is 11.6 Å². The first-order valence-corrected chi connectivity index (χ1v) is 6.78. The van der Waals surface area contributed by atoms with Gasteiger partial charge in [0.1, 0.15) is 0 Å². The molecule has 1 fully saturated rings. The van der Waals surface area contributed by atoms with E-state index in [9.17, 15) is 4.79 Å². The van der Waals surface area contributed by atoms with E-state index < -0.39 is 0 Å². The summed E-state index contributed by atoms with van der Waals surface area (Å²) in [5.74, 6) is 0.115. The summed E-state index contributed by atoms with van der Waals surface area (Å²) < 4.78 is 0. The van der Waals surface area contributed by atoms with Crippen molar-refractivity contribution in [2.75, 3.05) is 19.6 Å². The molecular formula is C14H19ClN2O. The van der Waals surface area contributed by atoms with E-state index in [2.05, 4.69) is 12.2 Å². The Hall–Kier alpha value is -1.06. The minimum Gasteiger partial charge on any atom is -0.336 e. The second-order valence-electron chi connectivity index (χ2n) is 4.77. The quantitative estimate of drug-likeness (QED) is 0.892. The Bertz CT molecular complexity index is 447. The lowest BCUT2D eigenvalue weighted by atomic mass is 10.1. The summed E-state index contributed by atoms with van der Waals surface area (Å²) in [5, 5.41) is 4.09. The van der Waals surface area contributed by atoms with Gasteiger partial charge in [0.2, 0.25) is 0 Å². The zero-order valence-corrected chi connectivity index (χ0v) is 11.6. The number of nitrogens with zero attached hydrogens (tertiary/aromatic N) is 1. The van der Waals surface area contributed by atoms with Gasteiger partial charge in [-0.1, -0.05) is 18.5 Å². The second-order valence-corrected chi connectivity index (χ2v) is 5.21. The molecule has 1 heterocycles. The van der Waals surface area contributed by atoms with Crippen molar-refractivity contribution in [2.24, 2.45) is 0 Å². The van der Waals surface area contributed by atoms with Gasteiger partial charge in [-0.25, -0.2) is 0 Å². The summed E-state index contributed by atoms with van der Waals surface area (Å²) in [6, 6.07) is 5.86. The maximum Gasteiger partial charge on any atom is 0.254 e. The standard InChI is InChI=1S/C14H19ClN2O/c1-3-12-9-17(7-6-16-12)14(18)13-5-4-11(15)8-10(13)2/h4-5,8,12,16H,3,6-7,9H2,1-2H3/t12-/m0/s1. The number of piperazine rings is 1. The van der Waals surface area contributed by atoms with Gasteiger partial charge in [0, 0.05) is 36.3 Å². The highest BCUT2D eigenvalue weighted by atomic mass is 35.5. The predicted molar refractivity (Wildman–Crippen MR) is 74.2 cm³/mol. The van der Waals surface area contributed by atoms with Gasteiger partial charge in [0.25, 0.3) is 5.91 Å². The van der Waals surface area contributed by atoms with Gasteiger partial charge in [0.15, 0.2) is 0 Å². The maximum atomic E-state index is 12.4. The number of hydrogen-bond donors (Lipinski definition) is 1. The molecule has 0 unspecified atom stereocenters. The Morgan fingerprint density at radius 1 is 1.56 bits per heavy atom. The van der Waals surface area contributed by atoms with Crippen LogP contribution in [0.25, 0.3) is 0 Å². The lowest BCUT2D eigenvalue weighted by molar-refractivity contribution is 0.0701. The Morgan fingerprint density at radius 3 is 3.00 bits per heavy atom. The maximum absolute atomic E-state index is 12.4.